The number of ether oxygens (including phenoxy) is 1. The van der Waals surface area contributed by atoms with Crippen LogP contribution in [0.15, 0.2) is 60.8 Å². The summed E-state index contributed by atoms with van der Waals surface area (Å²) < 4.78 is 5.31. The van der Waals surface area contributed by atoms with Crippen LogP contribution in [0.1, 0.15) is 5.56 Å². The molecule has 0 saturated carbocycles. The highest BCUT2D eigenvalue weighted by Crippen LogP contribution is 2.31. The van der Waals surface area contributed by atoms with E-state index in [1.54, 1.807) is 7.11 Å². The van der Waals surface area contributed by atoms with Crippen LogP contribution in [0.2, 0.25) is 5.02 Å². The van der Waals surface area contributed by atoms with Gasteiger partial charge in [-0.25, -0.2) is 0 Å². The maximum Gasteiger partial charge on any atom is 0.139 e. The van der Waals surface area contributed by atoms with Crippen molar-refractivity contribution >= 4 is 17.3 Å². The molecule has 1 heterocycles. The number of rotatable bonds is 4. The maximum absolute atomic E-state index is 6.11. The molecule has 0 spiro atoms. The third-order valence-electron chi connectivity index (χ3n) is 4.12. The third-order valence-corrected chi connectivity index (χ3v) is 4.44. The van der Waals surface area contributed by atoms with Gasteiger partial charge in [-0.1, -0.05) is 48.5 Å². The molecule has 1 saturated heterocycles. The first-order valence-electron chi connectivity index (χ1n) is 7.72. The zero-order valence-electron chi connectivity index (χ0n) is 13.3. The standard InChI is InChI=1S/C19H21ClN2O/c1-15-13-21(14-16-6-4-3-5-7-16)10-11-22(15)17-8-9-18(20)19(12-17)23-2/h3-9,12H,1,10-11,13-14H2,2H3. The highest BCUT2D eigenvalue weighted by molar-refractivity contribution is 6.32. The first-order chi connectivity index (χ1) is 11.2. The molecule has 2 aromatic carbocycles. The van der Waals surface area contributed by atoms with Crippen molar-refractivity contribution in [3.63, 3.8) is 0 Å². The van der Waals surface area contributed by atoms with Gasteiger partial charge in [-0.2, -0.15) is 0 Å². The van der Waals surface area contributed by atoms with E-state index >= 15 is 0 Å². The Kier molecular flexibility index (Phi) is 4.89. The van der Waals surface area contributed by atoms with Crippen molar-refractivity contribution in [2.24, 2.45) is 0 Å². The van der Waals surface area contributed by atoms with Gasteiger partial charge in [-0.3, -0.25) is 4.90 Å². The quantitative estimate of drug-likeness (QED) is 0.837. The Morgan fingerprint density at radius 1 is 1.13 bits per heavy atom. The molecule has 0 atom stereocenters. The fourth-order valence-corrected chi connectivity index (χ4v) is 3.12. The Balaban J connectivity index is 1.68. The molecule has 0 bridgehead atoms. The number of anilines is 1. The number of benzene rings is 2. The zero-order chi connectivity index (χ0) is 16.2. The van der Waals surface area contributed by atoms with Gasteiger partial charge in [-0.05, 0) is 17.7 Å². The Hall–Kier alpha value is -1.97. The molecule has 23 heavy (non-hydrogen) atoms. The molecular formula is C19H21ClN2O. The van der Waals surface area contributed by atoms with Gasteiger partial charge in [0.1, 0.15) is 5.75 Å². The molecule has 0 unspecified atom stereocenters. The fourth-order valence-electron chi connectivity index (χ4n) is 2.93. The SMILES string of the molecule is C=C1CN(Cc2ccccc2)CCN1c1ccc(Cl)c(OC)c1. The molecule has 1 aliphatic heterocycles. The monoisotopic (exact) mass is 328 g/mol. The van der Waals surface area contributed by atoms with Crippen molar-refractivity contribution in [1.82, 2.24) is 4.90 Å². The van der Waals surface area contributed by atoms with Gasteiger partial charge >= 0.3 is 0 Å². The first-order valence-corrected chi connectivity index (χ1v) is 8.10. The van der Waals surface area contributed by atoms with E-state index in [0.29, 0.717) is 10.8 Å². The maximum atomic E-state index is 6.11. The van der Waals surface area contributed by atoms with Crippen LogP contribution < -0.4 is 9.64 Å². The molecular weight excluding hydrogens is 308 g/mol. The van der Waals surface area contributed by atoms with Crippen molar-refractivity contribution < 1.29 is 4.74 Å². The normalized spacial score (nSPS) is 15.7. The van der Waals surface area contributed by atoms with Crippen LogP contribution in [0, 0.1) is 0 Å². The topological polar surface area (TPSA) is 15.7 Å². The highest BCUT2D eigenvalue weighted by Gasteiger charge is 2.21. The summed E-state index contributed by atoms with van der Waals surface area (Å²) >= 11 is 6.11. The van der Waals surface area contributed by atoms with Crippen molar-refractivity contribution in [3.05, 3.63) is 71.4 Å². The van der Waals surface area contributed by atoms with E-state index in [-0.39, 0.29) is 0 Å². The van der Waals surface area contributed by atoms with E-state index in [2.05, 4.69) is 40.6 Å². The van der Waals surface area contributed by atoms with Crippen LogP contribution in [0.5, 0.6) is 5.75 Å². The molecule has 0 aromatic heterocycles. The predicted octanol–water partition coefficient (Wildman–Crippen LogP) is 4.18. The summed E-state index contributed by atoms with van der Waals surface area (Å²) in [5, 5.41) is 0.629. The lowest BCUT2D eigenvalue weighted by molar-refractivity contribution is 0.272. The number of hydrogen-bond acceptors (Lipinski definition) is 3. The van der Waals surface area contributed by atoms with Gasteiger partial charge in [0.05, 0.1) is 12.1 Å². The zero-order valence-corrected chi connectivity index (χ0v) is 14.1. The van der Waals surface area contributed by atoms with E-state index in [0.717, 1.165) is 37.6 Å². The predicted molar refractivity (Wildman–Crippen MR) is 96.2 cm³/mol. The minimum absolute atomic E-state index is 0.629. The summed E-state index contributed by atoms with van der Waals surface area (Å²) in [6.45, 7) is 7.98. The molecule has 0 N–H and O–H groups in total. The highest BCUT2D eigenvalue weighted by atomic mass is 35.5. The molecule has 2 aromatic rings. The molecule has 0 aliphatic carbocycles. The van der Waals surface area contributed by atoms with E-state index in [9.17, 15) is 0 Å². The Morgan fingerprint density at radius 2 is 1.91 bits per heavy atom. The van der Waals surface area contributed by atoms with Crippen LogP contribution in [0.25, 0.3) is 0 Å². The van der Waals surface area contributed by atoms with Crippen LogP contribution in [-0.2, 0) is 6.54 Å². The van der Waals surface area contributed by atoms with Gasteiger partial charge in [0, 0.05) is 43.6 Å². The summed E-state index contributed by atoms with van der Waals surface area (Å²) in [6, 6.07) is 16.4. The van der Waals surface area contributed by atoms with Crippen molar-refractivity contribution in [2.75, 3.05) is 31.6 Å². The van der Waals surface area contributed by atoms with Crippen molar-refractivity contribution in [1.29, 1.82) is 0 Å². The molecule has 3 nitrogen and oxygen atoms in total. The number of piperazine rings is 1. The van der Waals surface area contributed by atoms with E-state index in [1.165, 1.54) is 5.56 Å². The lowest BCUT2D eigenvalue weighted by atomic mass is 10.1. The Bertz CT molecular complexity index is 687. The second-order valence-electron chi connectivity index (χ2n) is 5.73. The summed E-state index contributed by atoms with van der Waals surface area (Å²) in [5.41, 5.74) is 3.51. The van der Waals surface area contributed by atoms with Gasteiger partial charge in [0.15, 0.2) is 0 Å². The Morgan fingerprint density at radius 3 is 2.61 bits per heavy atom. The summed E-state index contributed by atoms with van der Waals surface area (Å²) in [5.74, 6) is 0.698. The van der Waals surface area contributed by atoms with Crippen LogP contribution in [0.3, 0.4) is 0 Å². The van der Waals surface area contributed by atoms with Crippen molar-refractivity contribution in [2.45, 2.75) is 6.54 Å². The number of halogens is 1. The number of nitrogens with zero attached hydrogens (tertiary/aromatic N) is 2. The molecule has 0 radical (unpaired) electrons. The lowest BCUT2D eigenvalue weighted by Crippen LogP contribution is -2.44. The fraction of sp³-hybridized carbons (Fsp3) is 0.263. The van der Waals surface area contributed by atoms with Crippen LogP contribution >= 0.6 is 11.6 Å². The van der Waals surface area contributed by atoms with Gasteiger partial charge in [-0.15, -0.1) is 0 Å². The molecule has 120 valence electrons. The first kappa shape index (κ1) is 15.9. The van der Waals surface area contributed by atoms with Crippen LogP contribution in [0.4, 0.5) is 5.69 Å². The average Bonchev–Trinajstić information content (AvgIpc) is 2.57. The minimum Gasteiger partial charge on any atom is -0.495 e. The number of methoxy groups -OCH3 is 1. The van der Waals surface area contributed by atoms with Crippen molar-refractivity contribution in [3.8, 4) is 5.75 Å². The van der Waals surface area contributed by atoms with Crippen LogP contribution in [-0.4, -0.2) is 31.6 Å². The van der Waals surface area contributed by atoms with Gasteiger partial charge in [0.25, 0.3) is 0 Å². The summed E-state index contributed by atoms with van der Waals surface area (Å²) in [6.07, 6.45) is 0. The minimum atomic E-state index is 0.629. The number of hydrogen-bond donors (Lipinski definition) is 0. The summed E-state index contributed by atoms with van der Waals surface area (Å²) in [7, 11) is 1.64. The molecule has 4 heteroatoms. The molecule has 1 fully saturated rings. The van der Waals surface area contributed by atoms with E-state index in [1.807, 2.05) is 24.3 Å². The molecule has 3 rings (SSSR count). The molecule has 0 amide bonds. The van der Waals surface area contributed by atoms with E-state index < -0.39 is 0 Å². The summed E-state index contributed by atoms with van der Waals surface area (Å²) in [4.78, 5) is 4.65. The lowest BCUT2D eigenvalue weighted by Gasteiger charge is -2.38. The molecule has 1 aliphatic rings. The van der Waals surface area contributed by atoms with Gasteiger partial charge in [0.2, 0.25) is 0 Å². The van der Waals surface area contributed by atoms with E-state index in [4.69, 9.17) is 16.3 Å². The third kappa shape index (κ3) is 3.69. The second-order valence-corrected chi connectivity index (χ2v) is 6.14. The Labute approximate surface area is 142 Å². The van der Waals surface area contributed by atoms with Gasteiger partial charge < -0.3 is 9.64 Å². The average molecular weight is 329 g/mol. The largest absolute Gasteiger partial charge is 0.495 e. The smallest absolute Gasteiger partial charge is 0.139 e. The second kappa shape index (κ2) is 7.07.